The Morgan fingerprint density at radius 3 is 2.60 bits per heavy atom. The minimum absolute atomic E-state index is 0.286. The number of carbonyl (C=O) groups is 1. The van der Waals surface area contributed by atoms with E-state index in [2.05, 4.69) is 5.32 Å². The summed E-state index contributed by atoms with van der Waals surface area (Å²) in [4.78, 5) is 11.9. The minimum atomic E-state index is -0.383. The Kier molecular flexibility index (Phi) is 4.63. The highest BCUT2D eigenvalue weighted by Gasteiger charge is 2.06. The Morgan fingerprint density at radius 1 is 1.15 bits per heavy atom. The van der Waals surface area contributed by atoms with E-state index in [0.29, 0.717) is 11.3 Å². The first kappa shape index (κ1) is 14.0. The second-order valence-corrected chi connectivity index (χ2v) is 4.16. The standard InChI is InChI=1S/C16H13FNO2/c17-14-8-6-13(7-9-14)16(20)18-15-5-1-3-12(11-15)4-2-10-19/h1-9,11H,10H2,(H,18,20). The third kappa shape index (κ3) is 3.76. The predicted molar refractivity (Wildman–Crippen MR) is 75.4 cm³/mol. The molecule has 2 aromatic rings. The fourth-order valence-electron chi connectivity index (χ4n) is 1.71. The first-order valence-electron chi connectivity index (χ1n) is 6.10. The second kappa shape index (κ2) is 6.63. The fraction of sp³-hybridized carbons (Fsp3) is 0.0625. The molecule has 0 atom stereocenters. The normalized spacial score (nSPS) is 10.7. The number of anilines is 1. The van der Waals surface area contributed by atoms with Crippen LogP contribution in [0.3, 0.4) is 0 Å². The van der Waals surface area contributed by atoms with Crippen LogP contribution in [0, 0.1) is 5.82 Å². The molecule has 0 saturated carbocycles. The number of hydrogen-bond acceptors (Lipinski definition) is 1. The molecular formula is C16H13FNO2. The van der Waals surface area contributed by atoms with Crippen LogP contribution in [0.1, 0.15) is 15.9 Å². The first-order chi connectivity index (χ1) is 9.69. The van der Waals surface area contributed by atoms with Crippen LogP contribution in [0.2, 0.25) is 0 Å². The van der Waals surface area contributed by atoms with Crippen molar-refractivity contribution >= 4 is 17.7 Å². The van der Waals surface area contributed by atoms with Crippen LogP contribution in [0.5, 0.6) is 0 Å². The van der Waals surface area contributed by atoms with Gasteiger partial charge in [0.05, 0.1) is 0 Å². The molecule has 0 heterocycles. The summed E-state index contributed by atoms with van der Waals surface area (Å²) in [7, 11) is 0. The molecule has 0 unspecified atom stereocenters. The molecule has 0 fully saturated rings. The molecule has 20 heavy (non-hydrogen) atoms. The molecule has 0 aliphatic carbocycles. The van der Waals surface area contributed by atoms with Gasteiger partial charge in [-0.3, -0.25) is 4.79 Å². The zero-order valence-corrected chi connectivity index (χ0v) is 10.7. The lowest BCUT2D eigenvalue weighted by atomic mass is 10.1. The zero-order valence-electron chi connectivity index (χ0n) is 10.7. The maximum Gasteiger partial charge on any atom is 0.255 e. The Hall–Kier alpha value is -2.46. The summed E-state index contributed by atoms with van der Waals surface area (Å²) in [6, 6.07) is 12.4. The Morgan fingerprint density at radius 2 is 1.90 bits per heavy atom. The molecule has 4 heteroatoms. The highest BCUT2D eigenvalue weighted by atomic mass is 19.1. The molecule has 1 N–H and O–H groups in total. The van der Waals surface area contributed by atoms with Crippen molar-refractivity contribution in [1.82, 2.24) is 0 Å². The molecule has 0 aliphatic rings. The van der Waals surface area contributed by atoms with Crippen LogP contribution in [0.25, 0.3) is 6.08 Å². The van der Waals surface area contributed by atoms with E-state index in [4.69, 9.17) is 0 Å². The molecular weight excluding hydrogens is 257 g/mol. The number of rotatable bonds is 4. The van der Waals surface area contributed by atoms with Crippen molar-refractivity contribution in [2.24, 2.45) is 0 Å². The number of nitrogens with one attached hydrogen (secondary N) is 1. The third-order valence-electron chi connectivity index (χ3n) is 2.66. The molecule has 0 saturated heterocycles. The molecule has 101 valence electrons. The van der Waals surface area contributed by atoms with E-state index in [-0.39, 0.29) is 18.3 Å². The largest absolute Gasteiger partial charge is 0.322 e. The molecule has 0 aromatic heterocycles. The van der Waals surface area contributed by atoms with Gasteiger partial charge in [-0.05, 0) is 42.0 Å². The Bertz CT molecular complexity index is 621. The molecule has 0 bridgehead atoms. The lowest BCUT2D eigenvalue weighted by Gasteiger charge is -2.06. The maximum atomic E-state index is 12.8. The molecule has 2 aromatic carbocycles. The number of carbonyl (C=O) groups excluding carboxylic acids is 1. The van der Waals surface area contributed by atoms with Crippen molar-refractivity contribution in [3.63, 3.8) is 0 Å². The molecule has 3 nitrogen and oxygen atoms in total. The molecule has 2 rings (SSSR count). The average molecular weight is 270 g/mol. The summed E-state index contributed by atoms with van der Waals surface area (Å²) < 4.78 is 12.8. The van der Waals surface area contributed by atoms with E-state index in [1.54, 1.807) is 24.3 Å². The van der Waals surface area contributed by atoms with Crippen LogP contribution in [-0.4, -0.2) is 12.5 Å². The van der Waals surface area contributed by atoms with E-state index >= 15 is 0 Å². The monoisotopic (exact) mass is 270 g/mol. The van der Waals surface area contributed by atoms with Crippen molar-refractivity contribution < 1.29 is 14.3 Å². The zero-order chi connectivity index (χ0) is 14.4. The average Bonchev–Trinajstić information content (AvgIpc) is 2.46. The molecule has 0 aliphatic heterocycles. The molecule has 0 spiro atoms. The van der Waals surface area contributed by atoms with Crippen LogP contribution >= 0.6 is 0 Å². The van der Waals surface area contributed by atoms with Gasteiger partial charge in [0.2, 0.25) is 0 Å². The number of benzene rings is 2. The van der Waals surface area contributed by atoms with Gasteiger partial charge in [0.1, 0.15) is 12.4 Å². The van der Waals surface area contributed by atoms with Crippen molar-refractivity contribution in [3.8, 4) is 0 Å². The van der Waals surface area contributed by atoms with Gasteiger partial charge in [0, 0.05) is 11.3 Å². The lowest BCUT2D eigenvalue weighted by molar-refractivity contribution is 0.102. The lowest BCUT2D eigenvalue weighted by Crippen LogP contribution is -2.11. The van der Waals surface area contributed by atoms with Gasteiger partial charge in [0.25, 0.3) is 5.91 Å². The van der Waals surface area contributed by atoms with Crippen LogP contribution in [-0.2, 0) is 5.11 Å². The van der Waals surface area contributed by atoms with E-state index in [1.165, 1.54) is 30.3 Å². The number of amides is 1. The Labute approximate surface area is 116 Å². The van der Waals surface area contributed by atoms with Crippen molar-refractivity contribution in [3.05, 3.63) is 71.6 Å². The smallest absolute Gasteiger partial charge is 0.255 e. The van der Waals surface area contributed by atoms with Crippen molar-refractivity contribution in [2.45, 2.75) is 0 Å². The second-order valence-electron chi connectivity index (χ2n) is 4.16. The van der Waals surface area contributed by atoms with Gasteiger partial charge in [-0.1, -0.05) is 24.3 Å². The van der Waals surface area contributed by atoms with Gasteiger partial charge in [-0.25, -0.2) is 9.50 Å². The number of hydrogen-bond donors (Lipinski definition) is 1. The van der Waals surface area contributed by atoms with Gasteiger partial charge in [-0.15, -0.1) is 0 Å². The van der Waals surface area contributed by atoms with Crippen molar-refractivity contribution in [1.29, 1.82) is 0 Å². The van der Waals surface area contributed by atoms with E-state index in [0.717, 1.165) is 5.56 Å². The van der Waals surface area contributed by atoms with Crippen molar-refractivity contribution in [2.75, 3.05) is 11.9 Å². The van der Waals surface area contributed by atoms with E-state index in [1.807, 2.05) is 6.07 Å². The summed E-state index contributed by atoms with van der Waals surface area (Å²) in [6.45, 7) is -0.286. The van der Waals surface area contributed by atoms with Gasteiger partial charge >= 0.3 is 0 Å². The SMILES string of the molecule is [O]CC=Cc1cccc(NC(=O)c2ccc(F)cc2)c1. The quantitative estimate of drug-likeness (QED) is 0.907. The van der Waals surface area contributed by atoms with Crippen LogP contribution in [0.4, 0.5) is 10.1 Å². The highest BCUT2D eigenvalue weighted by Crippen LogP contribution is 2.13. The predicted octanol–water partition coefficient (Wildman–Crippen LogP) is 3.52. The third-order valence-corrected chi connectivity index (χ3v) is 2.66. The maximum absolute atomic E-state index is 12.8. The summed E-state index contributed by atoms with van der Waals surface area (Å²) in [5.41, 5.74) is 1.83. The van der Waals surface area contributed by atoms with Gasteiger partial charge in [-0.2, -0.15) is 0 Å². The molecule has 1 amide bonds. The highest BCUT2D eigenvalue weighted by molar-refractivity contribution is 6.04. The summed E-state index contributed by atoms with van der Waals surface area (Å²) in [5, 5.41) is 13.1. The van der Waals surface area contributed by atoms with E-state index < -0.39 is 0 Å². The molecule has 1 radical (unpaired) electrons. The minimum Gasteiger partial charge on any atom is -0.322 e. The first-order valence-corrected chi connectivity index (χ1v) is 6.10. The Balaban J connectivity index is 2.11. The summed E-state index contributed by atoms with van der Waals surface area (Å²) >= 11 is 0. The van der Waals surface area contributed by atoms with Gasteiger partial charge < -0.3 is 5.32 Å². The number of halogens is 1. The van der Waals surface area contributed by atoms with Crippen LogP contribution < -0.4 is 5.32 Å². The van der Waals surface area contributed by atoms with E-state index in [9.17, 15) is 14.3 Å². The topological polar surface area (TPSA) is 49.0 Å². The van der Waals surface area contributed by atoms with Gasteiger partial charge in [0.15, 0.2) is 0 Å². The fourth-order valence-corrected chi connectivity index (χ4v) is 1.71. The van der Waals surface area contributed by atoms with Crippen LogP contribution in [0.15, 0.2) is 54.6 Å². The summed E-state index contributed by atoms with van der Waals surface area (Å²) in [6.07, 6.45) is 3.20. The summed E-state index contributed by atoms with van der Waals surface area (Å²) in [5.74, 6) is -0.693.